The van der Waals surface area contributed by atoms with E-state index in [1.165, 1.54) is 109 Å². The van der Waals surface area contributed by atoms with E-state index in [2.05, 4.69) is 43.3 Å². The van der Waals surface area contributed by atoms with Crippen LogP contribution in [-0.4, -0.2) is 31.0 Å². The van der Waals surface area contributed by atoms with Crippen LogP contribution in [0.1, 0.15) is 139 Å². The average molecular weight is 615 g/mol. The maximum absolute atomic E-state index is 10.9. The lowest BCUT2D eigenvalue weighted by molar-refractivity contribution is -0.0641. The van der Waals surface area contributed by atoms with Crippen LogP contribution < -0.4 is 0 Å². The lowest BCUT2D eigenvalue weighted by Crippen LogP contribution is -2.36. The van der Waals surface area contributed by atoms with Crippen molar-refractivity contribution in [2.45, 2.75) is 134 Å². The van der Waals surface area contributed by atoms with Crippen molar-refractivity contribution < 1.29 is 14.6 Å². The first-order valence-electron chi connectivity index (χ1n) is 18.3. The van der Waals surface area contributed by atoms with Crippen molar-refractivity contribution in [2.24, 2.45) is 0 Å². The number of benzene rings is 3. The zero-order chi connectivity index (χ0) is 31.7. The molecule has 3 aromatic carbocycles. The van der Waals surface area contributed by atoms with Crippen LogP contribution in [-0.2, 0) is 15.1 Å². The zero-order valence-corrected chi connectivity index (χ0v) is 28.4. The molecule has 248 valence electrons. The molecule has 0 heterocycles. The molecule has 0 fully saturated rings. The van der Waals surface area contributed by atoms with Crippen molar-refractivity contribution in [2.75, 3.05) is 19.8 Å². The summed E-state index contributed by atoms with van der Waals surface area (Å²) in [5.41, 5.74) is 2.29. The molecular formula is C42H62O3. The van der Waals surface area contributed by atoms with Crippen LogP contribution in [0.25, 0.3) is 0 Å². The molecule has 0 radical (unpaired) electrons. The van der Waals surface area contributed by atoms with Gasteiger partial charge >= 0.3 is 0 Å². The molecule has 0 aliphatic carbocycles. The summed E-state index contributed by atoms with van der Waals surface area (Å²) in [4.78, 5) is 0. The predicted molar refractivity (Wildman–Crippen MR) is 191 cm³/mol. The van der Waals surface area contributed by atoms with E-state index in [1.54, 1.807) is 0 Å². The van der Waals surface area contributed by atoms with Crippen molar-refractivity contribution in [3.05, 3.63) is 108 Å². The van der Waals surface area contributed by atoms with E-state index in [-0.39, 0.29) is 13.2 Å². The van der Waals surface area contributed by atoms with Crippen LogP contribution in [0, 0.1) is 0 Å². The Morgan fingerprint density at radius 3 is 1.16 bits per heavy atom. The average Bonchev–Trinajstić information content (AvgIpc) is 3.09. The van der Waals surface area contributed by atoms with Crippen LogP contribution in [0.4, 0.5) is 0 Å². The van der Waals surface area contributed by atoms with Gasteiger partial charge in [-0.3, -0.25) is 0 Å². The highest BCUT2D eigenvalue weighted by molar-refractivity contribution is 5.47. The molecule has 3 heteroatoms. The van der Waals surface area contributed by atoms with E-state index in [1.807, 2.05) is 54.6 Å². The van der Waals surface area contributed by atoms with Crippen LogP contribution in [0.15, 0.2) is 91.0 Å². The third-order valence-electron chi connectivity index (χ3n) is 8.99. The normalized spacial score (nSPS) is 12.4. The van der Waals surface area contributed by atoms with Gasteiger partial charge in [-0.15, -0.1) is 0 Å². The molecule has 0 bridgehead atoms. The monoisotopic (exact) mass is 614 g/mol. The smallest absolute Gasteiger partial charge is 0.143 e. The second-order valence-electron chi connectivity index (χ2n) is 12.8. The fourth-order valence-corrected chi connectivity index (χ4v) is 6.36. The number of unbranched alkanes of at least 4 members (excludes halogenated alkanes) is 17. The van der Waals surface area contributed by atoms with E-state index >= 15 is 0 Å². The van der Waals surface area contributed by atoms with Crippen LogP contribution >= 0.6 is 0 Å². The highest BCUT2D eigenvalue weighted by Gasteiger charge is 2.38. The largest absolute Gasteiger partial charge is 0.388 e. The Morgan fingerprint density at radius 2 is 0.800 bits per heavy atom. The summed E-state index contributed by atoms with van der Waals surface area (Å²) in [5.74, 6) is 0. The topological polar surface area (TPSA) is 38.7 Å². The Bertz CT molecular complexity index is 972. The molecule has 0 saturated heterocycles. The molecule has 0 spiro atoms. The maximum Gasteiger partial charge on any atom is 0.143 e. The standard InChI is InChI=1S/C42H62O3/c1-2-3-4-5-6-7-8-9-10-11-12-13-14-15-16-17-18-28-35-44-36-41(43)37-45-42(38-29-22-19-23-30-38,39-31-24-20-25-32-39)40-33-26-21-27-34-40/h19-27,29-34,41,43H,2-18,28,35-37H2,1H3/t41-/m0/s1. The van der Waals surface area contributed by atoms with Gasteiger partial charge in [0, 0.05) is 6.61 Å². The minimum absolute atomic E-state index is 0.178. The lowest BCUT2D eigenvalue weighted by Gasteiger charge is -2.36. The molecule has 0 amide bonds. The maximum atomic E-state index is 10.9. The SMILES string of the molecule is CCCCCCCCCCCCCCCCCCCCOC[C@H](O)COC(c1ccccc1)(c1ccccc1)c1ccccc1. The molecule has 3 aromatic rings. The summed E-state index contributed by atoms with van der Waals surface area (Å²) in [7, 11) is 0. The van der Waals surface area contributed by atoms with Crippen LogP contribution in [0.3, 0.4) is 0 Å². The lowest BCUT2D eigenvalue weighted by atomic mass is 9.80. The van der Waals surface area contributed by atoms with Crippen LogP contribution in [0.5, 0.6) is 0 Å². The minimum atomic E-state index is -0.821. The Hall–Kier alpha value is -2.46. The van der Waals surface area contributed by atoms with Gasteiger partial charge in [0.2, 0.25) is 0 Å². The van der Waals surface area contributed by atoms with Gasteiger partial charge in [-0.25, -0.2) is 0 Å². The highest BCUT2D eigenvalue weighted by atomic mass is 16.5. The van der Waals surface area contributed by atoms with Crippen LogP contribution in [0.2, 0.25) is 0 Å². The fourth-order valence-electron chi connectivity index (χ4n) is 6.36. The number of ether oxygens (including phenoxy) is 2. The van der Waals surface area contributed by atoms with E-state index in [0.29, 0.717) is 6.61 Å². The van der Waals surface area contributed by atoms with Crippen molar-refractivity contribution >= 4 is 0 Å². The number of aliphatic hydroxyl groups is 1. The summed E-state index contributed by atoms with van der Waals surface area (Å²) in [6.07, 6.45) is 24.0. The van der Waals surface area contributed by atoms with E-state index < -0.39 is 11.7 Å². The first kappa shape index (κ1) is 37.0. The van der Waals surface area contributed by atoms with Crippen molar-refractivity contribution in [3.63, 3.8) is 0 Å². The molecule has 0 saturated carbocycles. The molecule has 1 N–H and O–H groups in total. The summed E-state index contributed by atoms with van der Waals surface area (Å²) >= 11 is 0. The second kappa shape index (κ2) is 23.8. The summed E-state index contributed by atoms with van der Waals surface area (Å²) in [5, 5.41) is 10.9. The van der Waals surface area contributed by atoms with Crippen molar-refractivity contribution in [3.8, 4) is 0 Å². The van der Waals surface area contributed by atoms with Crippen molar-refractivity contribution in [1.82, 2.24) is 0 Å². The van der Waals surface area contributed by atoms with Gasteiger partial charge in [0.05, 0.1) is 13.2 Å². The number of hydrogen-bond donors (Lipinski definition) is 1. The summed E-state index contributed by atoms with van der Waals surface area (Å²) in [6, 6.07) is 30.9. The van der Waals surface area contributed by atoms with Gasteiger partial charge in [0.25, 0.3) is 0 Å². The number of rotatable bonds is 27. The minimum Gasteiger partial charge on any atom is -0.388 e. The molecule has 0 unspecified atom stereocenters. The van der Waals surface area contributed by atoms with Gasteiger partial charge in [-0.05, 0) is 23.1 Å². The number of hydrogen-bond acceptors (Lipinski definition) is 3. The Labute approximate surface area is 275 Å². The molecule has 0 aliphatic rings. The third-order valence-corrected chi connectivity index (χ3v) is 8.99. The van der Waals surface area contributed by atoms with Crippen molar-refractivity contribution in [1.29, 1.82) is 0 Å². The van der Waals surface area contributed by atoms with Gasteiger partial charge < -0.3 is 14.6 Å². The molecule has 1 atom stereocenters. The van der Waals surface area contributed by atoms with Gasteiger partial charge in [0.15, 0.2) is 0 Å². The van der Waals surface area contributed by atoms with Gasteiger partial charge in [-0.1, -0.05) is 207 Å². The molecule has 0 aliphatic heterocycles. The van der Waals surface area contributed by atoms with Gasteiger partial charge in [-0.2, -0.15) is 0 Å². The van der Waals surface area contributed by atoms with E-state index in [4.69, 9.17) is 9.47 Å². The summed E-state index contributed by atoms with van der Waals surface area (Å²) in [6.45, 7) is 3.45. The second-order valence-corrected chi connectivity index (χ2v) is 12.8. The predicted octanol–water partition coefficient (Wildman–Crippen LogP) is 11.4. The van der Waals surface area contributed by atoms with E-state index in [9.17, 15) is 5.11 Å². The fraction of sp³-hybridized carbons (Fsp3) is 0.571. The zero-order valence-electron chi connectivity index (χ0n) is 28.4. The first-order valence-corrected chi connectivity index (χ1v) is 18.3. The number of aliphatic hydroxyl groups excluding tert-OH is 1. The highest BCUT2D eigenvalue weighted by Crippen LogP contribution is 2.40. The molecule has 3 rings (SSSR count). The van der Waals surface area contributed by atoms with Gasteiger partial charge in [0.1, 0.15) is 11.7 Å². The van der Waals surface area contributed by atoms with E-state index in [0.717, 1.165) is 23.1 Å². The Kier molecular flexibility index (Phi) is 19.6. The Balaban J connectivity index is 1.25. The molecule has 45 heavy (non-hydrogen) atoms. The first-order chi connectivity index (χ1) is 22.3. The molecule has 0 aromatic heterocycles. The molecular weight excluding hydrogens is 552 g/mol. The third kappa shape index (κ3) is 14.2. The summed E-state index contributed by atoms with van der Waals surface area (Å²) < 4.78 is 12.6. The Morgan fingerprint density at radius 1 is 0.467 bits per heavy atom. The quantitative estimate of drug-likeness (QED) is 0.0686. The molecule has 3 nitrogen and oxygen atoms in total.